The van der Waals surface area contributed by atoms with Crippen LogP contribution in [0.4, 0.5) is 16.2 Å². The lowest BCUT2D eigenvalue weighted by atomic mass is 10.2. The number of carbonyl (C=O) groups is 2. The van der Waals surface area contributed by atoms with E-state index in [2.05, 4.69) is 10.6 Å². The monoisotopic (exact) mass is 284 g/mol. The molecular weight excluding hydrogens is 268 g/mol. The summed E-state index contributed by atoms with van der Waals surface area (Å²) in [5.74, 6) is -0.429. The average Bonchev–Trinajstić information content (AvgIpc) is 2.39. The lowest BCUT2D eigenvalue weighted by molar-refractivity contribution is -0.120. The van der Waals surface area contributed by atoms with E-state index in [1.807, 2.05) is 0 Å². The molecule has 104 valence electrons. The quantitative estimate of drug-likeness (QED) is 0.728. The molecule has 0 radical (unpaired) electrons. The summed E-state index contributed by atoms with van der Waals surface area (Å²) in [6, 6.07) is 3.88. The zero-order chi connectivity index (χ0) is 14.6. The van der Waals surface area contributed by atoms with Gasteiger partial charge in [-0.1, -0.05) is 11.6 Å². The highest BCUT2D eigenvalue weighted by molar-refractivity contribution is 6.31. The van der Waals surface area contributed by atoms with E-state index in [-0.39, 0.29) is 0 Å². The third-order valence-corrected chi connectivity index (χ3v) is 3.03. The van der Waals surface area contributed by atoms with Crippen molar-refractivity contribution in [1.82, 2.24) is 10.6 Å². The van der Waals surface area contributed by atoms with Crippen molar-refractivity contribution >= 4 is 34.9 Å². The molecule has 0 bridgehead atoms. The number of anilines is 2. The van der Waals surface area contributed by atoms with E-state index >= 15 is 0 Å². The zero-order valence-electron chi connectivity index (χ0n) is 11.0. The number of likely N-dealkylation sites (N-methyl/N-ethyl adjacent to an activating group) is 1. The Hall–Kier alpha value is -1.95. The number of imide groups is 1. The SMILES string of the molecule is CNC(=O)NC(=O)C(C)N(C)c1cc(Cl)ccc1N. The largest absolute Gasteiger partial charge is 0.397 e. The Balaban J connectivity index is 2.87. The Morgan fingerprint density at radius 2 is 2.05 bits per heavy atom. The van der Waals surface area contributed by atoms with Crippen LogP contribution in [0.2, 0.25) is 5.02 Å². The van der Waals surface area contributed by atoms with Gasteiger partial charge in [-0.25, -0.2) is 4.79 Å². The van der Waals surface area contributed by atoms with Crippen molar-refractivity contribution in [3.63, 3.8) is 0 Å². The number of urea groups is 1. The summed E-state index contributed by atoms with van der Waals surface area (Å²) >= 11 is 5.91. The molecule has 1 aromatic rings. The molecule has 0 aliphatic carbocycles. The van der Waals surface area contributed by atoms with Crippen LogP contribution in [-0.2, 0) is 4.79 Å². The number of hydrogen-bond acceptors (Lipinski definition) is 4. The smallest absolute Gasteiger partial charge is 0.321 e. The number of rotatable bonds is 3. The average molecular weight is 285 g/mol. The predicted molar refractivity (Wildman–Crippen MR) is 76.3 cm³/mol. The van der Waals surface area contributed by atoms with E-state index in [1.165, 1.54) is 7.05 Å². The zero-order valence-corrected chi connectivity index (χ0v) is 11.8. The van der Waals surface area contributed by atoms with E-state index in [0.29, 0.717) is 16.4 Å². The number of nitrogens with one attached hydrogen (secondary N) is 2. The van der Waals surface area contributed by atoms with E-state index < -0.39 is 18.0 Å². The second-order valence-electron chi connectivity index (χ2n) is 4.06. The van der Waals surface area contributed by atoms with Gasteiger partial charge in [0, 0.05) is 19.1 Å². The molecule has 4 N–H and O–H groups in total. The number of nitrogens with zero attached hydrogens (tertiary/aromatic N) is 1. The number of amides is 3. The Kier molecular flexibility index (Phi) is 5.00. The minimum Gasteiger partial charge on any atom is -0.397 e. The first kappa shape index (κ1) is 15.1. The number of halogens is 1. The molecule has 6 nitrogen and oxygen atoms in total. The first-order valence-corrected chi connectivity index (χ1v) is 6.05. The third kappa shape index (κ3) is 3.75. The van der Waals surface area contributed by atoms with E-state index in [1.54, 1.807) is 37.1 Å². The van der Waals surface area contributed by atoms with Gasteiger partial charge >= 0.3 is 6.03 Å². The maximum Gasteiger partial charge on any atom is 0.321 e. The molecule has 1 aromatic carbocycles. The summed E-state index contributed by atoms with van der Waals surface area (Å²) in [7, 11) is 3.14. The molecule has 3 amide bonds. The normalized spacial score (nSPS) is 11.6. The Morgan fingerprint density at radius 1 is 1.42 bits per heavy atom. The van der Waals surface area contributed by atoms with Crippen molar-refractivity contribution in [1.29, 1.82) is 0 Å². The molecule has 0 aliphatic heterocycles. The van der Waals surface area contributed by atoms with E-state index in [9.17, 15) is 9.59 Å². The molecule has 19 heavy (non-hydrogen) atoms. The van der Waals surface area contributed by atoms with Crippen molar-refractivity contribution in [2.75, 3.05) is 24.7 Å². The third-order valence-electron chi connectivity index (χ3n) is 2.80. The highest BCUT2D eigenvalue weighted by atomic mass is 35.5. The number of benzene rings is 1. The van der Waals surface area contributed by atoms with Crippen molar-refractivity contribution in [2.45, 2.75) is 13.0 Å². The van der Waals surface area contributed by atoms with Gasteiger partial charge in [0.2, 0.25) is 5.91 Å². The maximum atomic E-state index is 11.8. The lowest BCUT2D eigenvalue weighted by Gasteiger charge is -2.27. The van der Waals surface area contributed by atoms with Crippen molar-refractivity contribution < 1.29 is 9.59 Å². The summed E-state index contributed by atoms with van der Waals surface area (Å²) in [5, 5.41) is 5.05. The van der Waals surface area contributed by atoms with E-state index in [0.717, 1.165) is 0 Å². The molecule has 1 rings (SSSR count). The molecule has 0 aliphatic rings. The lowest BCUT2D eigenvalue weighted by Crippen LogP contribution is -2.48. The number of nitrogen functional groups attached to an aromatic ring is 1. The Morgan fingerprint density at radius 3 is 2.63 bits per heavy atom. The van der Waals surface area contributed by atoms with Crippen LogP contribution in [0.25, 0.3) is 0 Å². The van der Waals surface area contributed by atoms with Crippen LogP contribution in [0.5, 0.6) is 0 Å². The minimum absolute atomic E-state index is 0.429. The van der Waals surface area contributed by atoms with Crippen LogP contribution in [0.1, 0.15) is 6.92 Å². The van der Waals surface area contributed by atoms with Crippen LogP contribution >= 0.6 is 11.6 Å². The number of carbonyl (C=O) groups excluding carboxylic acids is 2. The molecule has 7 heteroatoms. The van der Waals surface area contributed by atoms with Crippen LogP contribution in [0, 0.1) is 0 Å². The summed E-state index contributed by atoms with van der Waals surface area (Å²) in [6.45, 7) is 1.67. The molecular formula is C12H17ClN4O2. The molecule has 0 heterocycles. The van der Waals surface area contributed by atoms with Gasteiger partial charge in [0.05, 0.1) is 11.4 Å². The standard InChI is InChI=1S/C12H17ClN4O2/c1-7(11(18)16-12(19)15-2)17(3)10-6-8(13)4-5-9(10)14/h4-7H,14H2,1-3H3,(H2,15,16,18,19). The van der Waals surface area contributed by atoms with Gasteiger partial charge in [0.25, 0.3) is 0 Å². The van der Waals surface area contributed by atoms with Crippen molar-refractivity contribution in [2.24, 2.45) is 0 Å². The summed E-state index contributed by atoms with van der Waals surface area (Å²) in [5.41, 5.74) is 6.98. The van der Waals surface area contributed by atoms with Gasteiger partial charge in [0.1, 0.15) is 6.04 Å². The van der Waals surface area contributed by atoms with Gasteiger partial charge < -0.3 is 16.0 Å². The topological polar surface area (TPSA) is 87.5 Å². The molecule has 0 saturated heterocycles. The van der Waals surface area contributed by atoms with Crippen molar-refractivity contribution in [3.8, 4) is 0 Å². The van der Waals surface area contributed by atoms with Gasteiger partial charge in [-0.05, 0) is 25.1 Å². The molecule has 1 unspecified atom stereocenters. The van der Waals surface area contributed by atoms with Gasteiger partial charge in [-0.2, -0.15) is 0 Å². The highest BCUT2D eigenvalue weighted by Crippen LogP contribution is 2.27. The highest BCUT2D eigenvalue weighted by Gasteiger charge is 2.21. The fourth-order valence-electron chi connectivity index (χ4n) is 1.49. The Bertz CT molecular complexity index is 493. The molecule has 0 fully saturated rings. The first-order valence-electron chi connectivity index (χ1n) is 5.67. The molecule has 0 saturated carbocycles. The number of hydrogen-bond donors (Lipinski definition) is 3. The fraction of sp³-hybridized carbons (Fsp3) is 0.333. The summed E-state index contributed by atoms with van der Waals surface area (Å²) in [6.07, 6.45) is 0. The second-order valence-corrected chi connectivity index (χ2v) is 4.49. The van der Waals surface area contributed by atoms with Crippen LogP contribution in [0.3, 0.4) is 0 Å². The van der Waals surface area contributed by atoms with Crippen LogP contribution in [0.15, 0.2) is 18.2 Å². The second kappa shape index (κ2) is 6.29. The molecule has 1 atom stereocenters. The fourth-order valence-corrected chi connectivity index (χ4v) is 1.65. The van der Waals surface area contributed by atoms with Crippen LogP contribution < -0.4 is 21.3 Å². The van der Waals surface area contributed by atoms with E-state index in [4.69, 9.17) is 17.3 Å². The number of nitrogens with two attached hydrogens (primary N) is 1. The van der Waals surface area contributed by atoms with Crippen molar-refractivity contribution in [3.05, 3.63) is 23.2 Å². The van der Waals surface area contributed by atoms with Gasteiger partial charge in [-0.15, -0.1) is 0 Å². The first-order chi connectivity index (χ1) is 8.86. The predicted octanol–water partition coefficient (Wildman–Crippen LogP) is 1.20. The molecule has 0 aromatic heterocycles. The summed E-state index contributed by atoms with van der Waals surface area (Å²) in [4.78, 5) is 24.6. The van der Waals surface area contributed by atoms with Gasteiger partial charge in [-0.3, -0.25) is 10.1 Å². The van der Waals surface area contributed by atoms with Crippen LogP contribution in [-0.4, -0.2) is 32.1 Å². The summed E-state index contributed by atoms with van der Waals surface area (Å²) < 4.78 is 0. The van der Waals surface area contributed by atoms with Gasteiger partial charge in [0.15, 0.2) is 0 Å². The molecule has 0 spiro atoms. The maximum absolute atomic E-state index is 11.8. The minimum atomic E-state index is -0.571. The Labute approximate surface area is 116 Å².